The fourth-order valence-electron chi connectivity index (χ4n) is 8.99. The lowest BCUT2D eigenvalue weighted by atomic mass is 9.93. The van der Waals surface area contributed by atoms with Crippen LogP contribution in [0.25, 0.3) is 76.9 Å². The molecule has 284 valence electrons. The second-order valence-corrected chi connectivity index (χ2v) is 15.7. The van der Waals surface area contributed by atoms with E-state index >= 15 is 0 Å². The lowest BCUT2D eigenvalue weighted by molar-refractivity contribution is 0.673. The Morgan fingerprint density at radius 1 is 0.333 bits per heavy atom. The van der Waals surface area contributed by atoms with E-state index in [2.05, 4.69) is 229 Å². The van der Waals surface area contributed by atoms with E-state index in [4.69, 9.17) is 4.42 Å². The third-order valence-corrected chi connectivity index (χ3v) is 12.0. The number of hydrogen-bond acceptors (Lipinski definition) is 2. The van der Waals surface area contributed by atoms with Gasteiger partial charge >= 0.3 is 0 Å². The highest BCUT2D eigenvalue weighted by Gasteiger charge is 2.20. The van der Waals surface area contributed by atoms with Gasteiger partial charge in [-0.1, -0.05) is 188 Å². The van der Waals surface area contributed by atoms with Crippen molar-refractivity contribution in [3.8, 4) is 33.4 Å². The van der Waals surface area contributed by atoms with Crippen LogP contribution in [0, 0.1) is 0 Å². The van der Waals surface area contributed by atoms with Gasteiger partial charge in [0.05, 0.1) is 0 Å². The number of rotatable bonds is 9. The van der Waals surface area contributed by atoms with Gasteiger partial charge in [-0.3, -0.25) is 0 Å². The van der Waals surface area contributed by atoms with Crippen molar-refractivity contribution in [3.63, 3.8) is 0 Å². The summed E-state index contributed by atoms with van der Waals surface area (Å²) in [6.45, 7) is 0.645. The molecule has 60 heavy (non-hydrogen) atoms. The minimum atomic E-state index is 0.645. The SMILES string of the molecule is c1ccc(Cc2cc(N(Cc3ccccc3-c3cccc4c3oc3c5ccccc5ccc43)c3cccc(-c4ccc5ccccc5c4)c3)ccc2-c2ccccc2)cc1. The summed E-state index contributed by atoms with van der Waals surface area (Å²) in [5.41, 5.74) is 15.0. The number of para-hydroxylation sites is 1. The summed E-state index contributed by atoms with van der Waals surface area (Å²) < 4.78 is 6.89. The van der Waals surface area contributed by atoms with E-state index in [0.29, 0.717) is 6.54 Å². The Labute approximate surface area is 350 Å². The van der Waals surface area contributed by atoms with Gasteiger partial charge in [-0.05, 0) is 103 Å². The summed E-state index contributed by atoms with van der Waals surface area (Å²) in [7, 11) is 0. The van der Waals surface area contributed by atoms with Gasteiger partial charge in [-0.25, -0.2) is 0 Å². The number of anilines is 2. The van der Waals surface area contributed by atoms with Crippen LogP contribution >= 0.6 is 0 Å². The van der Waals surface area contributed by atoms with E-state index in [1.54, 1.807) is 0 Å². The third-order valence-electron chi connectivity index (χ3n) is 12.0. The van der Waals surface area contributed by atoms with Crippen LogP contribution in [0.2, 0.25) is 0 Å². The van der Waals surface area contributed by atoms with Crippen LogP contribution in [-0.4, -0.2) is 0 Å². The molecule has 2 heteroatoms. The summed E-state index contributed by atoms with van der Waals surface area (Å²) in [4.78, 5) is 2.49. The van der Waals surface area contributed by atoms with Crippen molar-refractivity contribution in [2.24, 2.45) is 0 Å². The van der Waals surface area contributed by atoms with Gasteiger partial charge in [0.2, 0.25) is 0 Å². The molecule has 1 aromatic heterocycles. The van der Waals surface area contributed by atoms with Gasteiger partial charge in [0.25, 0.3) is 0 Å². The first kappa shape index (κ1) is 35.5. The van der Waals surface area contributed by atoms with Crippen LogP contribution < -0.4 is 4.90 Å². The first-order chi connectivity index (χ1) is 29.7. The second kappa shape index (κ2) is 15.2. The van der Waals surface area contributed by atoms with Gasteiger partial charge in [-0.15, -0.1) is 0 Å². The van der Waals surface area contributed by atoms with Crippen LogP contribution in [0.15, 0.2) is 229 Å². The predicted molar refractivity (Wildman–Crippen MR) is 253 cm³/mol. The zero-order valence-electron chi connectivity index (χ0n) is 33.1. The minimum Gasteiger partial charge on any atom is -0.455 e. The molecule has 11 aromatic rings. The Balaban J connectivity index is 1.07. The van der Waals surface area contributed by atoms with Crippen molar-refractivity contribution in [1.82, 2.24) is 0 Å². The molecule has 0 amide bonds. The van der Waals surface area contributed by atoms with Crippen LogP contribution in [-0.2, 0) is 13.0 Å². The van der Waals surface area contributed by atoms with E-state index in [1.807, 2.05) is 0 Å². The van der Waals surface area contributed by atoms with E-state index in [1.165, 1.54) is 55.1 Å². The Hall–Kier alpha value is -7.68. The average molecular weight is 768 g/mol. The van der Waals surface area contributed by atoms with Crippen LogP contribution in [0.1, 0.15) is 16.7 Å². The highest BCUT2D eigenvalue weighted by Crippen LogP contribution is 2.42. The summed E-state index contributed by atoms with van der Waals surface area (Å²) in [6, 6.07) is 81.3. The van der Waals surface area contributed by atoms with Crippen molar-refractivity contribution in [2.45, 2.75) is 13.0 Å². The summed E-state index contributed by atoms with van der Waals surface area (Å²) in [5.74, 6) is 0. The third kappa shape index (κ3) is 6.59. The normalized spacial score (nSPS) is 11.5. The molecule has 0 radical (unpaired) electrons. The Morgan fingerprint density at radius 2 is 0.967 bits per heavy atom. The average Bonchev–Trinajstić information content (AvgIpc) is 3.71. The van der Waals surface area contributed by atoms with Crippen LogP contribution in [0.4, 0.5) is 11.4 Å². The van der Waals surface area contributed by atoms with E-state index in [-0.39, 0.29) is 0 Å². The maximum atomic E-state index is 6.89. The molecule has 0 saturated heterocycles. The largest absolute Gasteiger partial charge is 0.455 e. The molecule has 0 bridgehead atoms. The minimum absolute atomic E-state index is 0.645. The fourth-order valence-corrected chi connectivity index (χ4v) is 8.99. The highest BCUT2D eigenvalue weighted by atomic mass is 16.3. The number of fused-ring (bicyclic) bond motifs is 6. The zero-order valence-corrected chi connectivity index (χ0v) is 33.1. The second-order valence-electron chi connectivity index (χ2n) is 15.7. The van der Waals surface area contributed by atoms with Crippen molar-refractivity contribution < 1.29 is 4.42 Å². The molecule has 0 saturated carbocycles. The predicted octanol–water partition coefficient (Wildman–Crippen LogP) is 15.8. The Morgan fingerprint density at radius 3 is 1.85 bits per heavy atom. The molecule has 10 aromatic carbocycles. The van der Waals surface area contributed by atoms with Gasteiger partial charge in [0.1, 0.15) is 11.2 Å². The topological polar surface area (TPSA) is 16.4 Å². The summed E-state index contributed by atoms with van der Waals surface area (Å²) >= 11 is 0. The van der Waals surface area contributed by atoms with Crippen LogP contribution in [0.5, 0.6) is 0 Å². The number of nitrogens with zero attached hydrogens (tertiary/aromatic N) is 1. The number of hydrogen-bond donors (Lipinski definition) is 0. The first-order valence-corrected chi connectivity index (χ1v) is 20.7. The molecule has 0 aliphatic heterocycles. The lowest BCUT2D eigenvalue weighted by Crippen LogP contribution is -2.17. The molecule has 0 spiro atoms. The molecular weight excluding hydrogens is 727 g/mol. The van der Waals surface area contributed by atoms with Gasteiger partial charge in [0, 0.05) is 39.6 Å². The lowest BCUT2D eigenvalue weighted by Gasteiger charge is -2.28. The van der Waals surface area contributed by atoms with Gasteiger partial charge in [-0.2, -0.15) is 0 Å². The van der Waals surface area contributed by atoms with Crippen molar-refractivity contribution in [2.75, 3.05) is 4.90 Å². The highest BCUT2D eigenvalue weighted by molar-refractivity contribution is 6.17. The van der Waals surface area contributed by atoms with E-state index < -0.39 is 0 Å². The maximum absolute atomic E-state index is 6.89. The van der Waals surface area contributed by atoms with E-state index in [9.17, 15) is 0 Å². The molecule has 0 aliphatic carbocycles. The Bertz CT molecular complexity index is 3330. The number of benzene rings is 10. The molecule has 11 rings (SSSR count). The molecular formula is C58H41NO. The van der Waals surface area contributed by atoms with Crippen LogP contribution in [0.3, 0.4) is 0 Å². The standard InChI is InChI=1S/C58H41NO/c1-3-15-40(16-4-1)35-48-38-50(32-34-51(48)42-18-5-2-6-19-42)59(49-24-13-23-45(37-49)46-30-29-41-17-7-8-21-44(41)36-46)39-47-22-10-11-25-52(47)54-27-14-28-55-56-33-31-43-20-9-12-26-53(43)57(56)60-58(54)55/h1-34,36-38H,35,39H2. The van der Waals surface area contributed by atoms with E-state index in [0.717, 1.165) is 56.2 Å². The van der Waals surface area contributed by atoms with Gasteiger partial charge in [0.15, 0.2) is 0 Å². The summed E-state index contributed by atoms with van der Waals surface area (Å²) in [6.07, 6.45) is 0.823. The molecule has 0 unspecified atom stereocenters. The molecule has 0 aliphatic rings. The molecule has 0 fully saturated rings. The quantitative estimate of drug-likeness (QED) is 0.145. The monoisotopic (exact) mass is 767 g/mol. The molecule has 0 atom stereocenters. The van der Waals surface area contributed by atoms with Crippen molar-refractivity contribution >= 4 is 54.9 Å². The summed E-state index contributed by atoms with van der Waals surface area (Å²) in [5, 5.41) is 7.06. The zero-order chi connectivity index (χ0) is 39.8. The molecule has 1 heterocycles. The number of furan rings is 1. The van der Waals surface area contributed by atoms with Crippen molar-refractivity contribution in [1.29, 1.82) is 0 Å². The fraction of sp³-hybridized carbons (Fsp3) is 0.0345. The Kier molecular flexibility index (Phi) is 9.02. The molecule has 0 N–H and O–H groups in total. The first-order valence-electron chi connectivity index (χ1n) is 20.7. The maximum Gasteiger partial charge on any atom is 0.143 e. The van der Waals surface area contributed by atoms with Gasteiger partial charge < -0.3 is 9.32 Å². The smallest absolute Gasteiger partial charge is 0.143 e. The molecule has 2 nitrogen and oxygen atoms in total. The van der Waals surface area contributed by atoms with Crippen molar-refractivity contribution in [3.05, 3.63) is 241 Å².